The number of aryl methyl sites for hydroxylation is 1. The lowest BCUT2D eigenvalue weighted by atomic mass is 10.0. The van der Waals surface area contributed by atoms with Gasteiger partial charge < -0.3 is 9.73 Å². The number of rotatable bonds is 2. The Labute approximate surface area is 82.1 Å². The van der Waals surface area contributed by atoms with Crippen LogP contribution in [0.25, 0.3) is 0 Å². The molecule has 1 saturated heterocycles. The summed E-state index contributed by atoms with van der Waals surface area (Å²) < 4.78 is 6.21. The predicted octanol–water partition coefficient (Wildman–Crippen LogP) is 0.0579. The molecule has 0 aliphatic carbocycles. The van der Waals surface area contributed by atoms with Crippen LogP contribution in [-0.4, -0.2) is 22.4 Å². The Morgan fingerprint density at radius 1 is 1.64 bits per heavy atom. The van der Waals surface area contributed by atoms with Gasteiger partial charge in [0, 0.05) is 19.5 Å². The molecule has 2 rings (SSSR count). The third-order valence-corrected chi connectivity index (χ3v) is 2.56. The van der Waals surface area contributed by atoms with E-state index in [1.165, 1.54) is 17.5 Å². The van der Waals surface area contributed by atoms with E-state index in [0.29, 0.717) is 11.9 Å². The first-order valence-electron chi connectivity index (χ1n) is 5.02. The van der Waals surface area contributed by atoms with Crippen molar-refractivity contribution >= 4 is 0 Å². The van der Waals surface area contributed by atoms with Crippen LogP contribution in [0.1, 0.15) is 25.2 Å². The lowest BCUT2D eigenvalue weighted by molar-refractivity contribution is 0.361. The van der Waals surface area contributed by atoms with E-state index in [-0.39, 0.29) is 5.76 Å². The minimum atomic E-state index is -0.379. The topological polar surface area (TPSA) is 60.1 Å². The summed E-state index contributed by atoms with van der Waals surface area (Å²) in [7, 11) is 1.60. The molecule has 5 heteroatoms. The van der Waals surface area contributed by atoms with Crippen molar-refractivity contribution in [3.63, 3.8) is 0 Å². The quantitative estimate of drug-likeness (QED) is 0.728. The summed E-state index contributed by atoms with van der Waals surface area (Å²) in [5.74, 6) is 0.160. The Kier molecular flexibility index (Phi) is 2.67. The van der Waals surface area contributed by atoms with E-state index >= 15 is 0 Å². The predicted molar refractivity (Wildman–Crippen MR) is 51.1 cm³/mol. The van der Waals surface area contributed by atoms with E-state index in [2.05, 4.69) is 10.4 Å². The fourth-order valence-corrected chi connectivity index (χ4v) is 1.79. The zero-order valence-electron chi connectivity index (χ0n) is 8.32. The maximum atomic E-state index is 11.0. The van der Waals surface area contributed by atoms with E-state index in [4.69, 9.17) is 4.42 Å². The summed E-state index contributed by atoms with van der Waals surface area (Å²) in [5, 5.41) is 7.39. The van der Waals surface area contributed by atoms with Crippen molar-refractivity contribution in [2.75, 3.05) is 6.54 Å². The summed E-state index contributed by atoms with van der Waals surface area (Å²) in [6.45, 7) is 1.06. The van der Waals surface area contributed by atoms with Crippen LogP contribution < -0.4 is 11.1 Å². The Hall–Kier alpha value is -1.10. The second kappa shape index (κ2) is 3.96. The number of aromatic nitrogens is 2. The van der Waals surface area contributed by atoms with Crippen molar-refractivity contribution in [3.05, 3.63) is 16.4 Å². The van der Waals surface area contributed by atoms with Crippen LogP contribution in [-0.2, 0) is 13.5 Å². The lowest BCUT2D eigenvalue weighted by Crippen LogP contribution is -2.35. The largest absolute Gasteiger partial charge is 0.436 e. The van der Waals surface area contributed by atoms with Gasteiger partial charge in [0.2, 0.25) is 5.89 Å². The van der Waals surface area contributed by atoms with Crippen LogP contribution in [0.4, 0.5) is 0 Å². The minimum Gasteiger partial charge on any atom is -0.392 e. The van der Waals surface area contributed by atoms with Crippen molar-refractivity contribution in [1.82, 2.24) is 15.1 Å². The van der Waals surface area contributed by atoms with Crippen molar-refractivity contribution < 1.29 is 4.42 Å². The van der Waals surface area contributed by atoms with Crippen LogP contribution in [0.2, 0.25) is 0 Å². The number of piperidine rings is 1. The highest BCUT2D eigenvalue weighted by molar-refractivity contribution is 4.84. The molecule has 0 bridgehead atoms. The first-order valence-corrected chi connectivity index (χ1v) is 5.02. The zero-order chi connectivity index (χ0) is 9.97. The van der Waals surface area contributed by atoms with Gasteiger partial charge in [0.25, 0.3) is 0 Å². The summed E-state index contributed by atoms with van der Waals surface area (Å²) in [6, 6.07) is 0.418. The van der Waals surface area contributed by atoms with Gasteiger partial charge in [-0.3, -0.25) is 0 Å². The van der Waals surface area contributed by atoms with E-state index in [1.54, 1.807) is 7.05 Å². The Balaban J connectivity index is 1.99. The van der Waals surface area contributed by atoms with Crippen molar-refractivity contribution in [1.29, 1.82) is 0 Å². The fraction of sp³-hybridized carbons (Fsp3) is 0.778. The van der Waals surface area contributed by atoms with E-state index in [1.807, 2.05) is 0 Å². The van der Waals surface area contributed by atoms with Gasteiger partial charge >= 0.3 is 5.76 Å². The molecule has 0 amide bonds. The van der Waals surface area contributed by atoms with Gasteiger partial charge in [-0.15, -0.1) is 5.10 Å². The number of nitrogens with one attached hydrogen (secondary N) is 1. The molecule has 1 aromatic rings. The molecule has 78 valence electrons. The van der Waals surface area contributed by atoms with Gasteiger partial charge in [0.15, 0.2) is 0 Å². The Morgan fingerprint density at radius 2 is 2.50 bits per heavy atom. The van der Waals surface area contributed by atoms with Crippen LogP contribution in [0.15, 0.2) is 9.21 Å². The molecule has 0 spiro atoms. The Bertz CT molecular complexity index is 349. The first kappa shape index (κ1) is 9.45. The molecule has 1 atom stereocenters. The van der Waals surface area contributed by atoms with E-state index < -0.39 is 0 Å². The number of nitrogens with zero attached hydrogens (tertiary/aromatic N) is 2. The van der Waals surface area contributed by atoms with Crippen LogP contribution in [0.3, 0.4) is 0 Å². The second-order valence-corrected chi connectivity index (χ2v) is 3.74. The van der Waals surface area contributed by atoms with Crippen molar-refractivity contribution in [2.45, 2.75) is 31.7 Å². The zero-order valence-corrected chi connectivity index (χ0v) is 8.32. The molecule has 1 unspecified atom stereocenters. The molecule has 0 radical (unpaired) electrons. The summed E-state index contributed by atoms with van der Waals surface area (Å²) in [4.78, 5) is 11.0. The molecule has 14 heavy (non-hydrogen) atoms. The molecule has 5 nitrogen and oxygen atoms in total. The number of hydrogen-bond acceptors (Lipinski definition) is 4. The highest BCUT2D eigenvalue weighted by Crippen LogP contribution is 2.10. The maximum absolute atomic E-state index is 11.0. The SMILES string of the molecule is Cn1nc(CC2CCCCN2)oc1=O. The number of hydrogen-bond donors (Lipinski definition) is 1. The molecule has 1 aliphatic rings. The van der Waals surface area contributed by atoms with Gasteiger partial charge in [-0.2, -0.15) is 4.68 Å². The molecule has 2 heterocycles. The van der Waals surface area contributed by atoms with Crippen LogP contribution >= 0.6 is 0 Å². The van der Waals surface area contributed by atoms with Crippen LogP contribution in [0.5, 0.6) is 0 Å². The molecule has 1 aromatic heterocycles. The lowest BCUT2D eigenvalue weighted by Gasteiger charge is -2.21. The first-order chi connectivity index (χ1) is 6.75. The third kappa shape index (κ3) is 2.04. The standard InChI is InChI=1S/C9H15N3O2/c1-12-9(13)14-8(11-12)6-7-4-2-3-5-10-7/h7,10H,2-6H2,1H3. The monoisotopic (exact) mass is 197 g/mol. The third-order valence-electron chi connectivity index (χ3n) is 2.56. The Morgan fingerprint density at radius 3 is 3.07 bits per heavy atom. The highest BCUT2D eigenvalue weighted by atomic mass is 16.4. The van der Waals surface area contributed by atoms with Gasteiger partial charge in [-0.05, 0) is 19.4 Å². The molecule has 1 N–H and O–H groups in total. The fourth-order valence-electron chi connectivity index (χ4n) is 1.79. The van der Waals surface area contributed by atoms with Gasteiger partial charge in [0.1, 0.15) is 0 Å². The molecule has 0 aromatic carbocycles. The summed E-state index contributed by atoms with van der Waals surface area (Å²) in [6.07, 6.45) is 4.34. The maximum Gasteiger partial charge on any atom is 0.436 e. The average Bonchev–Trinajstić information content (AvgIpc) is 2.47. The van der Waals surface area contributed by atoms with Crippen molar-refractivity contribution in [2.24, 2.45) is 7.05 Å². The molecular formula is C9H15N3O2. The smallest absolute Gasteiger partial charge is 0.392 e. The van der Waals surface area contributed by atoms with E-state index in [0.717, 1.165) is 19.4 Å². The average molecular weight is 197 g/mol. The normalized spacial score (nSPS) is 22.5. The highest BCUT2D eigenvalue weighted by Gasteiger charge is 2.16. The van der Waals surface area contributed by atoms with Crippen molar-refractivity contribution in [3.8, 4) is 0 Å². The molecule has 1 aliphatic heterocycles. The van der Waals surface area contributed by atoms with Gasteiger partial charge in [-0.1, -0.05) is 6.42 Å². The second-order valence-electron chi connectivity index (χ2n) is 3.74. The summed E-state index contributed by atoms with van der Waals surface area (Å²) in [5.41, 5.74) is 0. The minimum absolute atomic E-state index is 0.379. The van der Waals surface area contributed by atoms with E-state index in [9.17, 15) is 4.79 Å². The summed E-state index contributed by atoms with van der Waals surface area (Å²) >= 11 is 0. The van der Waals surface area contributed by atoms with Crippen LogP contribution in [0, 0.1) is 0 Å². The molecule has 1 fully saturated rings. The van der Waals surface area contributed by atoms with Gasteiger partial charge in [-0.25, -0.2) is 4.79 Å². The van der Waals surface area contributed by atoms with Gasteiger partial charge in [0.05, 0.1) is 0 Å². The molecular weight excluding hydrogens is 182 g/mol. The molecule has 0 saturated carbocycles.